The number of aromatic nitrogens is 4. The molecule has 6 nitrogen and oxygen atoms in total. The van der Waals surface area contributed by atoms with Gasteiger partial charge in [0.15, 0.2) is 23.3 Å². The molecule has 0 aliphatic heterocycles. The van der Waals surface area contributed by atoms with Crippen LogP contribution in [-0.2, 0) is 13.1 Å². The number of nitrogens with one attached hydrogen (secondary N) is 2. The van der Waals surface area contributed by atoms with Crippen LogP contribution in [0.2, 0.25) is 0 Å². The van der Waals surface area contributed by atoms with Gasteiger partial charge in [0.25, 0.3) is 0 Å². The average Bonchev–Trinajstić information content (AvgIpc) is 3.06. The number of halogens is 3. The minimum absolute atomic E-state index is 0.0664. The van der Waals surface area contributed by atoms with E-state index in [9.17, 15) is 13.2 Å². The normalized spacial score (nSPS) is 10.7. The van der Waals surface area contributed by atoms with Crippen LogP contribution in [0.5, 0.6) is 0 Å². The molecule has 0 aliphatic rings. The molecule has 9 heteroatoms. The Balaban J connectivity index is 1.74. The number of anilines is 3. The molecule has 0 bridgehead atoms. The molecule has 0 saturated heterocycles. The Morgan fingerprint density at radius 1 is 1.12 bits per heavy atom. The molecule has 25 heavy (non-hydrogen) atoms. The molecule has 0 fully saturated rings. The summed E-state index contributed by atoms with van der Waals surface area (Å²) < 4.78 is 42.4. The highest BCUT2D eigenvalue weighted by molar-refractivity contribution is 5.52. The van der Waals surface area contributed by atoms with Gasteiger partial charge in [-0.2, -0.15) is 10.1 Å². The zero-order valence-corrected chi connectivity index (χ0v) is 13.3. The summed E-state index contributed by atoms with van der Waals surface area (Å²) in [6.07, 6.45) is 4.33. The standard InChI is InChI=1S/C16H15F3N6/c1-2-25-9-11(7-22-25)23-16-21-8-13(18)15(24-16)20-6-10-4-3-5-12(17)14(10)19/h3-5,7-9H,2,6H2,1H3,(H2,20,21,23,24). The second kappa shape index (κ2) is 7.20. The average molecular weight is 348 g/mol. The van der Waals surface area contributed by atoms with Crippen molar-refractivity contribution < 1.29 is 13.2 Å². The largest absolute Gasteiger partial charge is 0.363 e. The van der Waals surface area contributed by atoms with Gasteiger partial charge >= 0.3 is 0 Å². The predicted molar refractivity (Wildman–Crippen MR) is 86.9 cm³/mol. The third kappa shape index (κ3) is 3.87. The SMILES string of the molecule is CCn1cc(Nc2ncc(F)c(NCc3cccc(F)c3F)n2)cn1. The minimum Gasteiger partial charge on any atom is -0.363 e. The lowest BCUT2D eigenvalue weighted by molar-refractivity contribution is 0.500. The van der Waals surface area contributed by atoms with Crippen molar-refractivity contribution in [2.45, 2.75) is 20.0 Å². The van der Waals surface area contributed by atoms with Crippen LogP contribution in [-0.4, -0.2) is 19.7 Å². The number of rotatable bonds is 6. The van der Waals surface area contributed by atoms with Crippen molar-refractivity contribution in [3.63, 3.8) is 0 Å². The predicted octanol–water partition coefficient (Wildman–Crippen LogP) is 3.47. The topological polar surface area (TPSA) is 67.7 Å². The Morgan fingerprint density at radius 3 is 2.72 bits per heavy atom. The van der Waals surface area contributed by atoms with Crippen molar-refractivity contribution in [2.75, 3.05) is 10.6 Å². The van der Waals surface area contributed by atoms with Crippen molar-refractivity contribution in [3.8, 4) is 0 Å². The molecule has 2 N–H and O–H groups in total. The first-order chi connectivity index (χ1) is 12.1. The first-order valence-corrected chi connectivity index (χ1v) is 7.55. The molecule has 0 amide bonds. The van der Waals surface area contributed by atoms with Crippen molar-refractivity contribution in [1.82, 2.24) is 19.7 Å². The minimum atomic E-state index is -0.977. The van der Waals surface area contributed by atoms with Gasteiger partial charge in [-0.3, -0.25) is 4.68 Å². The fraction of sp³-hybridized carbons (Fsp3) is 0.188. The highest BCUT2D eigenvalue weighted by Crippen LogP contribution is 2.18. The molecule has 0 radical (unpaired) electrons. The summed E-state index contributed by atoms with van der Waals surface area (Å²) in [4.78, 5) is 7.86. The molecule has 0 aliphatic carbocycles. The Bertz CT molecular complexity index is 880. The van der Waals surface area contributed by atoms with E-state index in [2.05, 4.69) is 25.7 Å². The van der Waals surface area contributed by atoms with Gasteiger partial charge in [0.1, 0.15) is 0 Å². The van der Waals surface area contributed by atoms with Gasteiger partial charge in [0.2, 0.25) is 5.95 Å². The smallest absolute Gasteiger partial charge is 0.229 e. The summed E-state index contributed by atoms with van der Waals surface area (Å²) in [6, 6.07) is 3.80. The summed E-state index contributed by atoms with van der Waals surface area (Å²) in [6.45, 7) is 2.53. The van der Waals surface area contributed by atoms with Gasteiger partial charge in [-0.05, 0) is 13.0 Å². The van der Waals surface area contributed by atoms with Crippen molar-refractivity contribution in [3.05, 3.63) is 59.8 Å². The van der Waals surface area contributed by atoms with Crippen LogP contribution in [0.25, 0.3) is 0 Å². The van der Waals surface area contributed by atoms with E-state index < -0.39 is 17.5 Å². The van der Waals surface area contributed by atoms with Gasteiger partial charge in [-0.1, -0.05) is 12.1 Å². The van der Waals surface area contributed by atoms with Gasteiger partial charge in [0.05, 0.1) is 18.1 Å². The molecular formula is C16H15F3N6. The zero-order valence-electron chi connectivity index (χ0n) is 13.3. The number of benzene rings is 1. The second-order valence-corrected chi connectivity index (χ2v) is 5.17. The second-order valence-electron chi connectivity index (χ2n) is 5.17. The fourth-order valence-electron chi connectivity index (χ4n) is 2.15. The van der Waals surface area contributed by atoms with Crippen LogP contribution in [0.4, 0.5) is 30.6 Å². The van der Waals surface area contributed by atoms with Crippen LogP contribution in [0.1, 0.15) is 12.5 Å². The molecule has 3 aromatic rings. The van der Waals surface area contributed by atoms with Crippen molar-refractivity contribution in [2.24, 2.45) is 0 Å². The van der Waals surface area contributed by atoms with Gasteiger partial charge in [-0.15, -0.1) is 0 Å². The molecule has 0 spiro atoms. The third-order valence-corrected chi connectivity index (χ3v) is 3.44. The van der Waals surface area contributed by atoms with Crippen molar-refractivity contribution in [1.29, 1.82) is 0 Å². The molecule has 0 unspecified atom stereocenters. The Kier molecular flexibility index (Phi) is 4.82. The molecule has 130 valence electrons. The monoisotopic (exact) mass is 348 g/mol. The lowest BCUT2D eigenvalue weighted by Gasteiger charge is -2.09. The van der Waals surface area contributed by atoms with Crippen LogP contribution < -0.4 is 10.6 Å². The van der Waals surface area contributed by atoms with Crippen LogP contribution in [0, 0.1) is 17.5 Å². The Morgan fingerprint density at radius 2 is 1.96 bits per heavy atom. The maximum atomic E-state index is 13.9. The maximum Gasteiger partial charge on any atom is 0.229 e. The summed E-state index contributed by atoms with van der Waals surface area (Å²) in [5.41, 5.74) is 0.715. The number of aryl methyl sites for hydroxylation is 1. The Labute approximate surface area is 141 Å². The first-order valence-electron chi connectivity index (χ1n) is 7.55. The maximum absolute atomic E-state index is 13.9. The molecular weight excluding hydrogens is 333 g/mol. The van der Waals surface area contributed by atoms with Crippen LogP contribution >= 0.6 is 0 Å². The highest BCUT2D eigenvalue weighted by Gasteiger charge is 2.11. The molecule has 2 aromatic heterocycles. The van der Waals surface area contributed by atoms with E-state index in [-0.39, 0.29) is 23.9 Å². The first kappa shape index (κ1) is 16.7. The van der Waals surface area contributed by atoms with Gasteiger partial charge < -0.3 is 10.6 Å². The summed E-state index contributed by atoms with van der Waals surface area (Å²) in [5.74, 6) is -2.61. The van der Waals surface area contributed by atoms with E-state index in [1.54, 1.807) is 17.1 Å². The van der Waals surface area contributed by atoms with E-state index in [0.717, 1.165) is 12.3 Å². The van der Waals surface area contributed by atoms with E-state index in [1.807, 2.05) is 6.92 Å². The molecule has 1 aromatic carbocycles. The van der Waals surface area contributed by atoms with Gasteiger partial charge in [0, 0.05) is 24.8 Å². The zero-order chi connectivity index (χ0) is 17.8. The van der Waals surface area contributed by atoms with Crippen LogP contribution in [0.3, 0.4) is 0 Å². The molecule has 0 saturated carbocycles. The number of hydrogen-bond acceptors (Lipinski definition) is 5. The number of hydrogen-bond donors (Lipinski definition) is 2. The quantitative estimate of drug-likeness (QED) is 0.714. The fourth-order valence-corrected chi connectivity index (χ4v) is 2.15. The van der Waals surface area contributed by atoms with Gasteiger partial charge in [-0.25, -0.2) is 18.2 Å². The lowest BCUT2D eigenvalue weighted by atomic mass is 10.2. The third-order valence-electron chi connectivity index (χ3n) is 3.44. The van der Waals surface area contributed by atoms with E-state index in [1.165, 1.54) is 12.1 Å². The summed E-state index contributed by atoms with van der Waals surface area (Å²) >= 11 is 0. The van der Waals surface area contributed by atoms with Crippen LogP contribution in [0.15, 0.2) is 36.8 Å². The summed E-state index contributed by atoms with van der Waals surface area (Å²) in [7, 11) is 0. The van der Waals surface area contributed by atoms with E-state index >= 15 is 0 Å². The lowest BCUT2D eigenvalue weighted by Crippen LogP contribution is -2.08. The molecule has 2 heterocycles. The highest BCUT2D eigenvalue weighted by atomic mass is 19.2. The molecule has 0 atom stereocenters. The van der Waals surface area contributed by atoms with E-state index in [0.29, 0.717) is 12.2 Å². The number of nitrogens with zero attached hydrogens (tertiary/aromatic N) is 4. The van der Waals surface area contributed by atoms with E-state index in [4.69, 9.17) is 0 Å². The Hall–Kier alpha value is -3.10. The molecule has 3 rings (SSSR count). The summed E-state index contributed by atoms with van der Waals surface area (Å²) in [5, 5.41) is 9.64. The van der Waals surface area contributed by atoms with Crippen molar-refractivity contribution >= 4 is 17.5 Å².